The van der Waals surface area contributed by atoms with E-state index in [2.05, 4.69) is 14.8 Å². The number of aromatic nitrogens is 2. The zero-order chi connectivity index (χ0) is 26.7. The van der Waals surface area contributed by atoms with Crippen LogP contribution in [-0.4, -0.2) is 61.7 Å². The number of hydrogen-bond donors (Lipinski definition) is 0. The summed E-state index contributed by atoms with van der Waals surface area (Å²) in [4.78, 5) is 36.7. The van der Waals surface area contributed by atoms with Crippen molar-refractivity contribution in [2.75, 3.05) is 34.5 Å². The molecular formula is C25H27N3O9. The molecular weight excluding hydrogens is 486 g/mol. The topological polar surface area (TPSA) is 141 Å². The minimum absolute atomic E-state index is 0.0829. The normalized spacial score (nSPS) is 11.8. The second-order valence-corrected chi connectivity index (χ2v) is 7.48. The van der Waals surface area contributed by atoms with Crippen molar-refractivity contribution >= 4 is 5.97 Å². The van der Waals surface area contributed by atoms with Gasteiger partial charge in [0.25, 0.3) is 5.09 Å². The number of benzene rings is 2. The van der Waals surface area contributed by atoms with Crippen LogP contribution in [0.25, 0.3) is 0 Å². The third-order valence-corrected chi connectivity index (χ3v) is 5.34. The van der Waals surface area contributed by atoms with Crippen molar-refractivity contribution in [3.05, 3.63) is 88.0 Å². The standard InChI is InChI=1S/C25H27N3O9/c1-32-20-17-21(33-2)27-24(26-20)37-22(23(29)35-15-10-16-36-28(30)31)25(34-3,18-11-6-4-7-12-18)19-13-8-5-9-14-19/h4-9,11-14,17,22H,10,15-16H2,1-3H3. The first-order chi connectivity index (χ1) is 17.9. The number of ether oxygens (including phenoxy) is 5. The highest BCUT2D eigenvalue weighted by Crippen LogP contribution is 2.39. The molecule has 0 spiro atoms. The Morgan fingerprint density at radius 3 is 1.92 bits per heavy atom. The maximum absolute atomic E-state index is 13.6. The molecule has 1 aromatic heterocycles. The van der Waals surface area contributed by atoms with Gasteiger partial charge < -0.3 is 28.5 Å². The summed E-state index contributed by atoms with van der Waals surface area (Å²) in [6.45, 7) is -0.410. The lowest BCUT2D eigenvalue weighted by molar-refractivity contribution is -0.757. The molecule has 0 N–H and O–H groups in total. The number of carbonyl (C=O) groups excluding carboxylic acids is 1. The van der Waals surface area contributed by atoms with E-state index in [4.69, 9.17) is 23.7 Å². The summed E-state index contributed by atoms with van der Waals surface area (Å²) in [6.07, 6.45) is -1.38. The second kappa shape index (κ2) is 13.0. The number of hydrogen-bond acceptors (Lipinski definition) is 11. The van der Waals surface area contributed by atoms with E-state index >= 15 is 0 Å². The molecule has 37 heavy (non-hydrogen) atoms. The maximum Gasteiger partial charge on any atom is 0.351 e. The molecule has 3 aromatic rings. The number of methoxy groups -OCH3 is 3. The van der Waals surface area contributed by atoms with Crippen LogP contribution in [0.5, 0.6) is 17.8 Å². The number of esters is 1. The van der Waals surface area contributed by atoms with Crippen molar-refractivity contribution in [1.82, 2.24) is 9.97 Å². The Bertz CT molecular complexity index is 1100. The molecule has 12 nitrogen and oxygen atoms in total. The first-order valence-electron chi connectivity index (χ1n) is 11.2. The summed E-state index contributed by atoms with van der Waals surface area (Å²) in [6, 6.07) is 19.2. The molecule has 196 valence electrons. The molecule has 0 fully saturated rings. The fourth-order valence-corrected chi connectivity index (χ4v) is 3.68. The lowest BCUT2D eigenvalue weighted by Gasteiger charge is -2.38. The predicted molar refractivity (Wildman–Crippen MR) is 129 cm³/mol. The van der Waals surface area contributed by atoms with Gasteiger partial charge in [0.05, 0.1) is 33.5 Å². The smallest absolute Gasteiger partial charge is 0.351 e. The SMILES string of the molecule is COc1cc(OC)nc(OC(C(=O)OCCCO[N+](=O)[O-])C(OC)(c2ccccc2)c2ccccc2)n1. The third-order valence-electron chi connectivity index (χ3n) is 5.34. The molecule has 0 radical (unpaired) electrons. The fraction of sp³-hybridized carbons (Fsp3) is 0.320. The van der Waals surface area contributed by atoms with Crippen molar-refractivity contribution in [3.63, 3.8) is 0 Å². The number of nitrogens with zero attached hydrogens (tertiary/aromatic N) is 3. The van der Waals surface area contributed by atoms with Gasteiger partial charge in [-0.2, -0.15) is 9.97 Å². The third kappa shape index (κ3) is 6.61. The average Bonchev–Trinajstić information content (AvgIpc) is 2.93. The Kier molecular flexibility index (Phi) is 9.55. The quantitative estimate of drug-likeness (QED) is 0.136. The molecule has 0 aliphatic carbocycles. The van der Waals surface area contributed by atoms with Gasteiger partial charge in [0.2, 0.25) is 17.9 Å². The van der Waals surface area contributed by atoms with Crippen LogP contribution in [0.4, 0.5) is 0 Å². The van der Waals surface area contributed by atoms with Crippen LogP contribution < -0.4 is 14.2 Å². The van der Waals surface area contributed by atoms with E-state index in [-0.39, 0.29) is 37.4 Å². The highest BCUT2D eigenvalue weighted by molar-refractivity contribution is 5.78. The Balaban J connectivity index is 2.08. The van der Waals surface area contributed by atoms with Crippen LogP contribution in [0, 0.1) is 10.1 Å². The Hall–Kier alpha value is -4.45. The van der Waals surface area contributed by atoms with Crippen molar-refractivity contribution in [3.8, 4) is 17.8 Å². The highest BCUT2D eigenvalue weighted by Gasteiger charge is 2.50. The lowest BCUT2D eigenvalue weighted by atomic mass is 9.81. The largest absolute Gasteiger partial charge is 0.481 e. The summed E-state index contributed by atoms with van der Waals surface area (Å²) in [5.74, 6) is -0.525. The molecule has 0 amide bonds. The van der Waals surface area contributed by atoms with Crippen LogP contribution in [0.1, 0.15) is 17.5 Å². The summed E-state index contributed by atoms with van der Waals surface area (Å²) in [7, 11) is 4.27. The van der Waals surface area contributed by atoms with E-state index in [0.717, 1.165) is 0 Å². The second-order valence-electron chi connectivity index (χ2n) is 7.48. The first kappa shape index (κ1) is 27.1. The van der Waals surface area contributed by atoms with Crippen molar-refractivity contribution in [2.24, 2.45) is 0 Å². The van der Waals surface area contributed by atoms with Gasteiger partial charge in [-0.15, -0.1) is 10.1 Å². The molecule has 0 saturated carbocycles. The summed E-state index contributed by atoms with van der Waals surface area (Å²) < 4.78 is 28.0. The summed E-state index contributed by atoms with van der Waals surface area (Å²) in [5.41, 5.74) is -0.314. The van der Waals surface area contributed by atoms with Crippen LogP contribution >= 0.6 is 0 Å². The molecule has 1 atom stereocenters. The lowest BCUT2D eigenvalue weighted by Crippen LogP contribution is -2.51. The van der Waals surface area contributed by atoms with Gasteiger partial charge >= 0.3 is 12.0 Å². The predicted octanol–water partition coefficient (Wildman–Crippen LogP) is 2.97. The maximum atomic E-state index is 13.6. The summed E-state index contributed by atoms with van der Waals surface area (Å²) in [5, 5.41) is 9.49. The van der Waals surface area contributed by atoms with Gasteiger partial charge in [-0.1, -0.05) is 60.7 Å². The molecule has 0 aliphatic heterocycles. The minimum atomic E-state index is -1.50. The van der Waals surface area contributed by atoms with E-state index in [1.807, 2.05) is 12.1 Å². The molecule has 2 aromatic carbocycles. The van der Waals surface area contributed by atoms with E-state index in [0.29, 0.717) is 11.1 Å². The fourth-order valence-electron chi connectivity index (χ4n) is 3.68. The van der Waals surface area contributed by atoms with Gasteiger partial charge in [-0.05, 0) is 11.1 Å². The van der Waals surface area contributed by atoms with E-state index in [1.165, 1.54) is 27.4 Å². The summed E-state index contributed by atoms with van der Waals surface area (Å²) >= 11 is 0. The first-order valence-corrected chi connectivity index (χ1v) is 11.2. The van der Waals surface area contributed by atoms with Crippen molar-refractivity contribution in [2.45, 2.75) is 18.1 Å². The number of rotatable bonds is 14. The van der Waals surface area contributed by atoms with Crippen LogP contribution in [0.15, 0.2) is 66.7 Å². The monoisotopic (exact) mass is 513 g/mol. The van der Waals surface area contributed by atoms with Gasteiger partial charge in [-0.3, -0.25) is 0 Å². The Labute approximate surface area is 213 Å². The molecule has 0 saturated heterocycles. The van der Waals surface area contributed by atoms with Gasteiger partial charge in [-0.25, -0.2) is 4.79 Å². The van der Waals surface area contributed by atoms with Gasteiger partial charge in [0.15, 0.2) is 5.60 Å². The zero-order valence-electron chi connectivity index (χ0n) is 20.6. The zero-order valence-corrected chi connectivity index (χ0v) is 20.6. The van der Waals surface area contributed by atoms with Crippen LogP contribution in [0.3, 0.4) is 0 Å². The van der Waals surface area contributed by atoms with Gasteiger partial charge in [0, 0.05) is 13.5 Å². The molecule has 1 unspecified atom stereocenters. The van der Waals surface area contributed by atoms with Crippen LogP contribution in [0.2, 0.25) is 0 Å². The van der Waals surface area contributed by atoms with E-state index in [1.54, 1.807) is 48.5 Å². The molecule has 12 heteroatoms. The minimum Gasteiger partial charge on any atom is -0.481 e. The Morgan fingerprint density at radius 2 is 1.46 bits per heavy atom. The van der Waals surface area contributed by atoms with E-state index < -0.39 is 22.8 Å². The highest BCUT2D eigenvalue weighted by atomic mass is 16.9. The molecule has 3 rings (SSSR count). The van der Waals surface area contributed by atoms with Gasteiger partial charge in [0.1, 0.15) is 0 Å². The number of carbonyl (C=O) groups is 1. The Morgan fingerprint density at radius 1 is 0.919 bits per heavy atom. The van der Waals surface area contributed by atoms with Crippen LogP contribution in [-0.2, 0) is 24.7 Å². The molecule has 0 aliphatic rings. The molecule has 1 heterocycles. The van der Waals surface area contributed by atoms with Crippen molar-refractivity contribution in [1.29, 1.82) is 0 Å². The van der Waals surface area contributed by atoms with Crippen molar-refractivity contribution < 1.29 is 38.4 Å². The molecule has 0 bridgehead atoms. The average molecular weight is 514 g/mol. The van der Waals surface area contributed by atoms with E-state index in [9.17, 15) is 14.9 Å².